The summed E-state index contributed by atoms with van der Waals surface area (Å²) in [5.74, 6) is -0.00858. The van der Waals surface area contributed by atoms with Crippen LogP contribution >= 0.6 is 0 Å². The van der Waals surface area contributed by atoms with Crippen molar-refractivity contribution in [2.45, 2.75) is 39.2 Å². The lowest BCUT2D eigenvalue weighted by molar-refractivity contribution is 0.0939. The summed E-state index contributed by atoms with van der Waals surface area (Å²) in [6, 6.07) is 26.7. The molecule has 3 rings (SSSR count). The maximum Gasteiger partial charge on any atom is 0.252 e. The summed E-state index contributed by atoms with van der Waals surface area (Å²) in [7, 11) is 0. The molecule has 2 nitrogen and oxygen atoms in total. The highest BCUT2D eigenvalue weighted by molar-refractivity contribution is 5.95. The van der Waals surface area contributed by atoms with Crippen LogP contribution in [0, 0.1) is 0 Å². The van der Waals surface area contributed by atoms with E-state index in [4.69, 9.17) is 0 Å². The summed E-state index contributed by atoms with van der Waals surface area (Å²) < 4.78 is 0. The van der Waals surface area contributed by atoms with E-state index in [2.05, 4.69) is 66.8 Å². The van der Waals surface area contributed by atoms with Crippen molar-refractivity contribution in [3.8, 4) is 0 Å². The fourth-order valence-corrected chi connectivity index (χ4v) is 3.28. The molecule has 0 spiro atoms. The Labute approximate surface area is 162 Å². The minimum absolute atomic E-state index is 0.00858. The van der Waals surface area contributed by atoms with Crippen LogP contribution in [0.15, 0.2) is 78.9 Å². The van der Waals surface area contributed by atoms with E-state index in [1.807, 2.05) is 31.2 Å². The van der Waals surface area contributed by atoms with E-state index in [1.54, 1.807) is 0 Å². The van der Waals surface area contributed by atoms with Gasteiger partial charge in [-0.1, -0.05) is 79.7 Å². The number of amides is 1. The van der Waals surface area contributed by atoms with Gasteiger partial charge in [-0.25, -0.2) is 0 Å². The van der Waals surface area contributed by atoms with Crippen molar-refractivity contribution in [2.24, 2.45) is 0 Å². The third kappa shape index (κ3) is 5.07. The van der Waals surface area contributed by atoms with Crippen molar-refractivity contribution in [3.63, 3.8) is 0 Å². The van der Waals surface area contributed by atoms with Crippen LogP contribution in [0.1, 0.15) is 52.5 Å². The van der Waals surface area contributed by atoms with Crippen molar-refractivity contribution in [2.75, 3.05) is 0 Å². The average Bonchev–Trinajstić information content (AvgIpc) is 2.73. The number of carbonyl (C=O) groups is 1. The quantitative estimate of drug-likeness (QED) is 0.592. The molecule has 0 aliphatic carbocycles. The molecule has 0 fully saturated rings. The van der Waals surface area contributed by atoms with Crippen LogP contribution in [0.4, 0.5) is 0 Å². The van der Waals surface area contributed by atoms with Gasteiger partial charge in [0.15, 0.2) is 0 Å². The number of hydrogen-bond donors (Lipinski definition) is 1. The second kappa shape index (κ2) is 9.18. The Kier molecular flexibility index (Phi) is 6.43. The minimum atomic E-state index is -0.0226. The zero-order valence-electron chi connectivity index (χ0n) is 16.1. The molecular weight excluding hydrogens is 330 g/mol. The lowest BCUT2D eigenvalue weighted by atomic mass is 9.98. The van der Waals surface area contributed by atoms with E-state index in [9.17, 15) is 4.79 Å². The number of aryl methyl sites for hydroxylation is 3. The third-order valence-corrected chi connectivity index (χ3v) is 5.02. The second-order valence-electron chi connectivity index (χ2n) is 6.93. The van der Waals surface area contributed by atoms with Crippen LogP contribution < -0.4 is 5.32 Å². The van der Waals surface area contributed by atoms with Crippen LogP contribution in [-0.4, -0.2) is 5.91 Å². The van der Waals surface area contributed by atoms with Gasteiger partial charge in [-0.15, -0.1) is 0 Å². The van der Waals surface area contributed by atoms with Crippen molar-refractivity contribution in [1.82, 2.24) is 5.32 Å². The van der Waals surface area contributed by atoms with Gasteiger partial charge >= 0.3 is 0 Å². The van der Waals surface area contributed by atoms with Crippen LogP contribution in [0.2, 0.25) is 0 Å². The molecule has 0 heterocycles. The Bertz CT molecular complexity index is 868. The SMILES string of the molecule is CCc1ccc([C@H](C)NC(=O)c2ccccc2CCc2ccccc2)cc1. The van der Waals surface area contributed by atoms with Gasteiger partial charge < -0.3 is 5.32 Å². The average molecular weight is 357 g/mol. The topological polar surface area (TPSA) is 29.1 Å². The van der Waals surface area contributed by atoms with Gasteiger partial charge in [-0.3, -0.25) is 4.79 Å². The number of benzene rings is 3. The third-order valence-electron chi connectivity index (χ3n) is 5.02. The van der Waals surface area contributed by atoms with Crippen molar-refractivity contribution in [1.29, 1.82) is 0 Å². The van der Waals surface area contributed by atoms with Gasteiger partial charge in [0, 0.05) is 5.56 Å². The van der Waals surface area contributed by atoms with E-state index >= 15 is 0 Å². The maximum absolute atomic E-state index is 12.9. The first kappa shape index (κ1) is 18.9. The molecular formula is C25H27NO. The zero-order valence-corrected chi connectivity index (χ0v) is 16.1. The molecule has 0 aromatic heterocycles. The Hall–Kier alpha value is -2.87. The lowest BCUT2D eigenvalue weighted by Crippen LogP contribution is -2.27. The molecule has 3 aromatic rings. The number of carbonyl (C=O) groups excluding carboxylic acids is 1. The normalized spacial score (nSPS) is 11.8. The molecule has 0 aliphatic rings. The van der Waals surface area contributed by atoms with Crippen molar-refractivity contribution < 1.29 is 4.79 Å². The van der Waals surface area contributed by atoms with E-state index < -0.39 is 0 Å². The molecule has 0 radical (unpaired) electrons. The number of rotatable bonds is 7. The standard InChI is InChI=1S/C25H27NO/c1-3-20-13-16-22(17-14-20)19(2)26-25(27)24-12-8-7-11-23(24)18-15-21-9-5-4-6-10-21/h4-14,16-17,19H,3,15,18H2,1-2H3,(H,26,27)/t19-/m0/s1. The molecule has 2 heteroatoms. The van der Waals surface area contributed by atoms with Crippen LogP contribution in [0.5, 0.6) is 0 Å². The summed E-state index contributed by atoms with van der Waals surface area (Å²) in [6.45, 7) is 4.18. The van der Waals surface area contributed by atoms with Gasteiger partial charge in [0.1, 0.15) is 0 Å². The van der Waals surface area contributed by atoms with Gasteiger partial charge in [0.25, 0.3) is 5.91 Å². The van der Waals surface area contributed by atoms with Crippen molar-refractivity contribution >= 4 is 5.91 Å². The van der Waals surface area contributed by atoms with E-state index in [1.165, 1.54) is 11.1 Å². The summed E-state index contributed by atoms with van der Waals surface area (Å²) in [6.07, 6.45) is 2.81. The molecule has 0 aliphatic heterocycles. The summed E-state index contributed by atoms with van der Waals surface area (Å²) >= 11 is 0. The molecule has 1 N–H and O–H groups in total. The molecule has 1 atom stereocenters. The van der Waals surface area contributed by atoms with E-state index in [0.717, 1.165) is 36.0 Å². The van der Waals surface area contributed by atoms with Crippen LogP contribution in [-0.2, 0) is 19.3 Å². The van der Waals surface area contributed by atoms with E-state index in [-0.39, 0.29) is 11.9 Å². The Morgan fingerprint density at radius 2 is 1.48 bits per heavy atom. The maximum atomic E-state index is 12.9. The molecule has 138 valence electrons. The highest BCUT2D eigenvalue weighted by atomic mass is 16.1. The summed E-state index contributed by atoms with van der Waals surface area (Å²) in [5, 5.41) is 3.15. The second-order valence-corrected chi connectivity index (χ2v) is 6.93. The Morgan fingerprint density at radius 3 is 2.19 bits per heavy atom. The Balaban J connectivity index is 1.68. The first-order valence-corrected chi connectivity index (χ1v) is 9.69. The van der Waals surface area contributed by atoms with Gasteiger partial charge in [-0.05, 0) is 54.5 Å². The molecule has 0 saturated heterocycles. The molecule has 3 aromatic carbocycles. The largest absolute Gasteiger partial charge is 0.346 e. The van der Waals surface area contributed by atoms with Crippen molar-refractivity contribution in [3.05, 3.63) is 107 Å². The van der Waals surface area contributed by atoms with E-state index in [0.29, 0.717) is 0 Å². The van der Waals surface area contributed by atoms with Gasteiger partial charge in [0.05, 0.1) is 6.04 Å². The fourth-order valence-electron chi connectivity index (χ4n) is 3.28. The molecule has 0 bridgehead atoms. The highest BCUT2D eigenvalue weighted by Gasteiger charge is 2.14. The molecule has 27 heavy (non-hydrogen) atoms. The van der Waals surface area contributed by atoms with Crippen LogP contribution in [0.25, 0.3) is 0 Å². The summed E-state index contributed by atoms with van der Waals surface area (Å²) in [4.78, 5) is 12.9. The number of hydrogen-bond acceptors (Lipinski definition) is 1. The summed E-state index contributed by atoms with van der Waals surface area (Å²) in [5.41, 5.74) is 5.58. The molecule has 0 unspecified atom stereocenters. The highest BCUT2D eigenvalue weighted by Crippen LogP contribution is 2.17. The van der Waals surface area contributed by atoms with Crippen LogP contribution in [0.3, 0.4) is 0 Å². The molecule has 0 saturated carbocycles. The first-order chi connectivity index (χ1) is 13.2. The monoisotopic (exact) mass is 357 g/mol. The fraction of sp³-hybridized carbons (Fsp3) is 0.240. The predicted octanol–water partition coefficient (Wildman–Crippen LogP) is 5.53. The first-order valence-electron chi connectivity index (χ1n) is 9.69. The zero-order chi connectivity index (χ0) is 19.1. The molecule has 1 amide bonds. The van der Waals surface area contributed by atoms with Gasteiger partial charge in [-0.2, -0.15) is 0 Å². The number of nitrogens with one attached hydrogen (secondary N) is 1. The Morgan fingerprint density at radius 1 is 0.815 bits per heavy atom. The predicted molar refractivity (Wildman–Crippen MR) is 112 cm³/mol. The van der Waals surface area contributed by atoms with Gasteiger partial charge in [0.2, 0.25) is 0 Å². The smallest absolute Gasteiger partial charge is 0.252 e. The minimum Gasteiger partial charge on any atom is -0.346 e. The lowest BCUT2D eigenvalue weighted by Gasteiger charge is -2.16.